The molecule has 0 bridgehead atoms. The van der Waals surface area contributed by atoms with E-state index in [4.69, 9.17) is 10.5 Å². The molecule has 0 aliphatic rings. The Morgan fingerprint density at radius 2 is 2.18 bits per heavy atom. The predicted molar refractivity (Wildman–Crippen MR) is 71.3 cm³/mol. The van der Waals surface area contributed by atoms with Crippen LogP contribution in [0, 0.1) is 6.92 Å². The number of aryl methyl sites for hydroxylation is 1. The largest absolute Gasteiger partial charge is 0.456 e. The molecule has 1 heterocycles. The van der Waals surface area contributed by atoms with Crippen LogP contribution in [0.15, 0.2) is 18.7 Å². The van der Waals surface area contributed by atoms with Gasteiger partial charge in [-0.25, -0.2) is 4.79 Å². The van der Waals surface area contributed by atoms with Gasteiger partial charge in [-0.15, -0.1) is 17.9 Å². The summed E-state index contributed by atoms with van der Waals surface area (Å²) in [6, 6.07) is 1.69. The molecule has 1 atom stereocenters. The van der Waals surface area contributed by atoms with Gasteiger partial charge in [-0.3, -0.25) is 0 Å². The lowest BCUT2D eigenvalue weighted by Crippen LogP contribution is -2.23. The third-order valence-corrected chi connectivity index (χ3v) is 3.42. The van der Waals surface area contributed by atoms with Crippen molar-refractivity contribution in [2.45, 2.75) is 39.3 Å². The van der Waals surface area contributed by atoms with Crippen LogP contribution in [0.3, 0.4) is 0 Å². The summed E-state index contributed by atoms with van der Waals surface area (Å²) < 4.78 is 5.34. The molecular weight excluding hydrogens is 234 g/mol. The molecule has 3 nitrogen and oxygen atoms in total. The second kappa shape index (κ2) is 5.02. The summed E-state index contributed by atoms with van der Waals surface area (Å²) in [6.07, 6.45) is 1.66. The highest BCUT2D eigenvalue weighted by Crippen LogP contribution is 2.28. The summed E-state index contributed by atoms with van der Waals surface area (Å²) in [5.41, 5.74) is 6.27. The molecule has 17 heavy (non-hydrogen) atoms. The van der Waals surface area contributed by atoms with E-state index >= 15 is 0 Å². The molecule has 0 spiro atoms. The second-order valence-corrected chi connectivity index (χ2v) is 6.01. The van der Waals surface area contributed by atoms with Gasteiger partial charge in [0, 0.05) is 4.88 Å². The fourth-order valence-electron chi connectivity index (χ4n) is 1.31. The van der Waals surface area contributed by atoms with Crippen LogP contribution >= 0.6 is 11.3 Å². The van der Waals surface area contributed by atoms with Crippen LogP contribution in [0.4, 0.5) is 0 Å². The van der Waals surface area contributed by atoms with E-state index in [0.29, 0.717) is 4.88 Å². The number of hydrogen-bond acceptors (Lipinski definition) is 4. The Hall–Kier alpha value is -1.13. The maximum atomic E-state index is 11.9. The quantitative estimate of drug-likeness (QED) is 0.665. The fraction of sp³-hybridized carbons (Fsp3) is 0.462. The molecule has 94 valence electrons. The van der Waals surface area contributed by atoms with E-state index < -0.39 is 5.60 Å². The molecule has 1 rings (SSSR count). The SMILES string of the molecule is C=CC(N)c1cc(C)c(C(=O)OC(C)(C)C)s1. The van der Waals surface area contributed by atoms with Crippen LogP contribution in [0.2, 0.25) is 0 Å². The number of ether oxygens (including phenoxy) is 1. The first kappa shape index (κ1) is 13.9. The Balaban J connectivity index is 2.95. The van der Waals surface area contributed by atoms with Gasteiger partial charge in [0.1, 0.15) is 10.5 Å². The first-order valence-electron chi connectivity index (χ1n) is 5.46. The summed E-state index contributed by atoms with van der Waals surface area (Å²) >= 11 is 1.37. The number of carbonyl (C=O) groups is 1. The van der Waals surface area contributed by atoms with Crippen molar-refractivity contribution in [2.24, 2.45) is 5.73 Å². The molecule has 2 N–H and O–H groups in total. The van der Waals surface area contributed by atoms with E-state index in [1.54, 1.807) is 6.08 Å². The van der Waals surface area contributed by atoms with Crippen molar-refractivity contribution < 1.29 is 9.53 Å². The highest BCUT2D eigenvalue weighted by molar-refractivity contribution is 7.14. The fourth-order valence-corrected chi connectivity index (χ4v) is 2.36. The van der Waals surface area contributed by atoms with Crippen LogP contribution in [0.1, 0.15) is 46.9 Å². The zero-order valence-corrected chi connectivity index (χ0v) is 11.6. The molecule has 1 unspecified atom stereocenters. The molecule has 4 heteroatoms. The molecule has 0 saturated carbocycles. The summed E-state index contributed by atoms with van der Waals surface area (Å²) in [6.45, 7) is 11.1. The minimum absolute atomic E-state index is 0.227. The molecule has 0 aliphatic heterocycles. The monoisotopic (exact) mass is 253 g/mol. The van der Waals surface area contributed by atoms with E-state index in [2.05, 4.69) is 6.58 Å². The van der Waals surface area contributed by atoms with Gasteiger partial charge < -0.3 is 10.5 Å². The van der Waals surface area contributed by atoms with Crippen molar-refractivity contribution in [1.29, 1.82) is 0 Å². The molecule has 0 radical (unpaired) electrons. The Morgan fingerprint density at radius 1 is 1.59 bits per heavy atom. The van der Waals surface area contributed by atoms with Crippen molar-refractivity contribution in [1.82, 2.24) is 0 Å². The lowest BCUT2D eigenvalue weighted by Gasteiger charge is -2.19. The Labute approximate surface area is 106 Å². The van der Waals surface area contributed by atoms with Crippen molar-refractivity contribution in [3.63, 3.8) is 0 Å². The van der Waals surface area contributed by atoms with Gasteiger partial charge in [-0.05, 0) is 39.3 Å². The lowest BCUT2D eigenvalue weighted by molar-refractivity contribution is 0.00746. The van der Waals surface area contributed by atoms with Gasteiger partial charge in [0.05, 0.1) is 6.04 Å². The van der Waals surface area contributed by atoms with Crippen LogP contribution in [-0.2, 0) is 4.74 Å². The average molecular weight is 253 g/mol. The summed E-state index contributed by atoms with van der Waals surface area (Å²) in [5, 5.41) is 0. The average Bonchev–Trinajstić information content (AvgIpc) is 2.56. The van der Waals surface area contributed by atoms with Gasteiger partial charge in [0.15, 0.2) is 0 Å². The van der Waals surface area contributed by atoms with Crippen molar-refractivity contribution in [3.05, 3.63) is 34.0 Å². The van der Waals surface area contributed by atoms with Crippen molar-refractivity contribution in [2.75, 3.05) is 0 Å². The third-order valence-electron chi connectivity index (χ3n) is 2.10. The van der Waals surface area contributed by atoms with Crippen molar-refractivity contribution >= 4 is 17.3 Å². The second-order valence-electron chi connectivity index (χ2n) is 4.92. The molecule has 0 aliphatic carbocycles. The minimum Gasteiger partial charge on any atom is -0.456 e. The Bertz CT molecular complexity index is 429. The van der Waals surface area contributed by atoms with Gasteiger partial charge in [0.25, 0.3) is 0 Å². The molecule has 1 aromatic rings. The van der Waals surface area contributed by atoms with Crippen LogP contribution in [0.25, 0.3) is 0 Å². The minimum atomic E-state index is -0.478. The first-order valence-corrected chi connectivity index (χ1v) is 6.28. The Kier molecular flexibility index (Phi) is 4.11. The van der Waals surface area contributed by atoms with Gasteiger partial charge >= 0.3 is 5.97 Å². The summed E-state index contributed by atoms with van der Waals surface area (Å²) in [7, 11) is 0. The highest BCUT2D eigenvalue weighted by Gasteiger charge is 2.22. The van der Waals surface area contributed by atoms with Crippen molar-refractivity contribution in [3.8, 4) is 0 Å². The van der Waals surface area contributed by atoms with E-state index in [1.165, 1.54) is 11.3 Å². The number of rotatable bonds is 3. The topological polar surface area (TPSA) is 52.3 Å². The maximum Gasteiger partial charge on any atom is 0.349 e. The number of hydrogen-bond donors (Lipinski definition) is 1. The third kappa shape index (κ3) is 3.68. The number of carbonyl (C=O) groups excluding carboxylic acids is 1. The predicted octanol–water partition coefficient (Wildman–Crippen LogP) is 3.20. The molecular formula is C13H19NO2S. The van der Waals surface area contributed by atoms with E-state index in [9.17, 15) is 4.79 Å². The van der Waals surface area contributed by atoms with Crippen LogP contribution in [0.5, 0.6) is 0 Å². The molecule has 1 aromatic heterocycles. The zero-order valence-electron chi connectivity index (χ0n) is 10.7. The zero-order chi connectivity index (χ0) is 13.2. The number of thiophene rings is 1. The lowest BCUT2D eigenvalue weighted by atomic mass is 10.2. The van der Waals surface area contributed by atoms with E-state index in [0.717, 1.165) is 10.4 Å². The number of nitrogens with two attached hydrogens (primary N) is 1. The highest BCUT2D eigenvalue weighted by atomic mass is 32.1. The Morgan fingerprint density at radius 3 is 2.65 bits per heavy atom. The normalized spacial score (nSPS) is 13.2. The standard InChI is InChI=1S/C13H19NO2S/c1-6-9(14)10-7-8(2)11(17-10)12(15)16-13(3,4)5/h6-7,9H,1,14H2,2-5H3. The van der Waals surface area contributed by atoms with Crippen LogP contribution < -0.4 is 5.73 Å². The first-order chi connectivity index (χ1) is 7.74. The maximum absolute atomic E-state index is 11.9. The van der Waals surface area contributed by atoms with E-state index in [1.807, 2.05) is 33.8 Å². The van der Waals surface area contributed by atoms with Gasteiger partial charge in [-0.2, -0.15) is 0 Å². The summed E-state index contributed by atoms with van der Waals surface area (Å²) in [4.78, 5) is 13.5. The summed E-state index contributed by atoms with van der Waals surface area (Å²) in [5.74, 6) is -0.289. The van der Waals surface area contributed by atoms with Gasteiger partial charge in [-0.1, -0.05) is 6.08 Å². The van der Waals surface area contributed by atoms with E-state index in [-0.39, 0.29) is 12.0 Å². The molecule has 0 fully saturated rings. The molecule has 0 amide bonds. The van der Waals surface area contributed by atoms with Gasteiger partial charge in [0.2, 0.25) is 0 Å². The van der Waals surface area contributed by atoms with Crippen LogP contribution in [-0.4, -0.2) is 11.6 Å². The molecule has 0 saturated heterocycles. The smallest absolute Gasteiger partial charge is 0.349 e. The molecule has 0 aromatic carbocycles. The number of esters is 1.